The monoisotopic (exact) mass is 349 g/mol. The average molecular weight is 349 g/mol. The fourth-order valence-corrected chi connectivity index (χ4v) is 4.44. The van der Waals surface area contributed by atoms with E-state index in [1.165, 1.54) is 24.3 Å². The number of benzene rings is 1. The normalized spacial score (nSPS) is 20.1. The molecule has 1 aliphatic heterocycles. The highest BCUT2D eigenvalue weighted by Gasteiger charge is 2.30. The van der Waals surface area contributed by atoms with E-state index in [0.29, 0.717) is 12.1 Å². The van der Waals surface area contributed by atoms with E-state index in [1.54, 1.807) is 11.2 Å². The van der Waals surface area contributed by atoms with Gasteiger partial charge in [0.2, 0.25) is 10.0 Å². The molecule has 130 valence electrons. The predicted molar refractivity (Wildman–Crippen MR) is 90.8 cm³/mol. The van der Waals surface area contributed by atoms with Crippen LogP contribution in [0.5, 0.6) is 0 Å². The Balaban J connectivity index is 2.11. The zero-order valence-electron chi connectivity index (χ0n) is 14.0. The summed E-state index contributed by atoms with van der Waals surface area (Å²) in [5, 5.41) is 11.4. The summed E-state index contributed by atoms with van der Waals surface area (Å²) in [4.78, 5) is 12.2. The molecule has 6 nitrogen and oxygen atoms in total. The number of amides is 1. The molecular formula is C17H23N3O3S. The predicted octanol–water partition coefficient (Wildman–Crippen LogP) is 2.14. The SMILES string of the molecule is C[C@H](C#N)CNC(=O)c1ccc(S(=O)(=O)N2CCCC[C@H]2C)cc1. The van der Waals surface area contributed by atoms with Gasteiger partial charge in [0.1, 0.15) is 0 Å². The Morgan fingerprint density at radius 3 is 2.62 bits per heavy atom. The Morgan fingerprint density at radius 2 is 2.04 bits per heavy atom. The number of hydrogen-bond donors (Lipinski definition) is 1. The van der Waals surface area contributed by atoms with Gasteiger partial charge >= 0.3 is 0 Å². The van der Waals surface area contributed by atoms with Gasteiger partial charge in [-0.2, -0.15) is 9.57 Å². The Hall–Kier alpha value is -1.91. The van der Waals surface area contributed by atoms with Crippen molar-refractivity contribution in [3.8, 4) is 6.07 Å². The third-order valence-corrected chi connectivity index (χ3v) is 6.28. The van der Waals surface area contributed by atoms with Gasteiger partial charge < -0.3 is 5.32 Å². The summed E-state index contributed by atoms with van der Waals surface area (Å²) in [7, 11) is -3.52. The number of piperidine rings is 1. The Labute approximate surface area is 143 Å². The maximum Gasteiger partial charge on any atom is 0.251 e. The summed E-state index contributed by atoms with van der Waals surface area (Å²) in [6.45, 7) is 4.45. The van der Waals surface area contributed by atoms with Crippen LogP contribution in [0.1, 0.15) is 43.5 Å². The Kier molecular flexibility index (Phi) is 5.97. The molecule has 1 heterocycles. The molecule has 0 aliphatic carbocycles. The van der Waals surface area contributed by atoms with Crippen LogP contribution in [0.25, 0.3) is 0 Å². The molecule has 0 unspecified atom stereocenters. The lowest BCUT2D eigenvalue weighted by atomic mass is 10.1. The second-order valence-corrected chi connectivity index (χ2v) is 8.12. The van der Waals surface area contributed by atoms with E-state index in [4.69, 9.17) is 5.26 Å². The van der Waals surface area contributed by atoms with Crippen molar-refractivity contribution in [2.24, 2.45) is 5.92 Å². The number of nitrogens with zero attached hydrogens (tertiary/aromatic N) is 2. The van der Waals surface area contributed by atoms with Crippen molar-refractivity contribution in [3.05, 3.63) is 29.8 Å². The van der Waals surface area contributed by atoms with Crippen LogP contribution in [0.15, 0.2) is 29.2 Å². The van der Waals surface area contributed by atoms with Crippen LogP contribution in [0, 0.1) is 17.2 Å². The summed E-state index contributed by atoms with van der Waals surface area (Å²) in [5.74, 6) is -0.582. The Bertz CT molecular complexity index is 722. The highest BCUT2D eigenvalue weighted by molar-refractivity contribution is 7.89. The van der Waals surface area contributed by atoms with Gasteiger partial charge in [-0.3, -0.25) is 4.79 Å². The molecule has 0 aromatic heterocycles. The first kappa shape index (κ1) is 18.4. The molecule has 2 rings (SSSR count). The third-order valence-electron chi connectivity index (χ3n) is 4.25. The first-order valence-corrected chi connectivity index (χ1v) is 9.60. The fourth-order valence-electron chi connectivity index (χ4n) is 2.74. The zero-order chi connectivity index (χ0) is 17.7. The van der Waals surface area contributed by atoms with Gasteiger partial charge in [-0.15, -0.1) is 0 Å². The van der Waals surface area contributed by atoms with Gasteiger partial charge in [0, 0.05) is 24.7 Å². The van der Waals surface area contributed by atoms with Gasteiger partial charge in [-0.05, 0) is 51.0 Å². The molecule has 24 heavy (non-hydrogen) atoms. The standard InChI is InChI=1S/C17H23N3O3S/c1-13(11-18)12-19-17(21)15-6-8-16(9-7-15)24(22,23)20-10-4-3-5-14(20)2/h6-9,13-14H,3-5,10,12H2,1-2H3,(H,19,21)/t13-,14-/m1/s1. The van der Waals surface area contributed by atoms with Crippen LogP contribution in [-0.4, -0.2) is 37.8 Å². The van der Waals surface area contributed by atoms with Crippen molar-refractivity contribution in [1.29, 1.82) is 5.26 Å². The summed E-state index contributed by atoms with van der Waals surface area (Å²) < 4.78 is 27.0. The molecule has 0 spiro atoms. The minimum atomic E-state index is -3.52. The number of carbonyl (C=O) groups is 1. The smallest absolute Gasteiger partial charge is 0.251 e. The maximum atomic E-state index is 12.7. The minimum Gasteiger partial charge on any atom is -0.351 e. The second kappa shape index (κ2) is 7.77. The van der Waals surface area contributed by atoms with Crippen molar-refractivity contribution in [1.82, 2.24) is 9.62 Å². The molecule has 0 radical (unpaired) electrons. The lowest BCUT2D eigenvalue weighted by Gasteiger charge is -2.32. The molecule has 0 bridgehead atoms. The summed E-state index contributed by atoms with van der Waals surface area (Å²) in [6, 6.07) is 8.00. The molecule has 7 heteroatoms. The summed E-state index contributed by atoms with van der Waals surface area (Å²) >= 11 is 0. The topological polar surface area (TPSA) is 90.3 Å². The quantitative estimate of drug-likeness (QED) is 0.882. The van der Waals surface area contributed by atoms with Crippen LogP contribution >= 0.6 is 0 Å². The molecule has 1 N–H and O–H groups in total. The first-order chi connectivity index (χ1) is 11.4. The molecule has 0 saturated carbocycles. The van der Waals surface area contributed by atoms with E-state index >= 15 is 0 Å². The second-order valence-electron chi connectivity index (χ2n) is 6.23. The highest BCUT2D eigenvalue weighted by atomic mass is 32.2. The maximum absolute atomic E-state index is 12.7. The number of carbonyl (C=O) groups excluding carboxylic acids is 1. The molecule has 1 aliphatic rings. The first-order valence-electron chi connectivity index (χ1n) is 8.16. The minimum absolute atomic E-state index is 0.000746. The third kappa shape index (κ3) is 4.13. The number of rotatable bonds is 5. The van der Waals surface area contributed by atoms with Crippen molar-refractivity contribution in [2.45, 2.75) is 44.0 Å². The van der Waals surface area contributed by atoms with Crippen LogP contribution in [0.2, 0.25) is 0 Å². The van der Waals surface area contributed by atoms with Gasteiger partial charge in [0.25, 0.3) is 5.91 Å². The van der Waals surface area contributed by atoms with Crippen LogP contribution < -0.4 is 5.32 Å². The van der Waals surface area contributed by atoms with Gasteiger partial charge in [0.15, 0.2) is 0 Å². The molecule has 1 saturated heterocycles. The molecule has 1 aromatic rings. The van der Waals surface area contributed by atoms with E-state index in [9.17, 15) is 13.2 Å². The van der Waals surface area contributed by atoms with E-state index in [1.807, 2.05) is 13.0 Å². The van der Waals surface area contributed by atoms with Crippen molar-refractivity contribution >= 4 is 15.9 Å². The van der Waals surface area contributed by atoms with Crippen molar-refractivity contribution in [2.75, 3.05) is 13.1 Å². The largest absolute Gasteiger partial charge is 0.351 e. The number of sulfonamides is 1. The molecule has 2 atom stereocenters. The van der Waals surface area contributed by atoms with Crippen LogP contribution in [0.4, 0.5) is 0 Å². The zero-order valence-corrected chi connectivity index (χ0v) is 14.8. The molecule has 1 amide bonds. The highest BCUT2D eigenvalue weighted by Crippen LogP contribution is 2.25. The number of hydrogen-bond acceptors (Lipinski definition) is 4. The van der Waals surface area contributed by atoms with Crippen molar-refractivity contribution in [3.63, 3.8) is 0 Å². The fraction of sp³-hybridized carbons (Fsp3) is 0.529. The lowest BCUT2D eigenvalue weighted by Crippen LogP contribution is -2.41. The van der Waals surface area contributed by atoms with Gasteiger partial charge in [-0.1, -0.05) is 6.42 Å². The van der Waals surface area contributed by atoms with E-state index < -0.39 is 10.0 Å². The summed E-state index contributed by atoms with van der Waals surface area (Å²) in [6.07, 6.45) is 2.80. The number of nitriles is 1. The van der Waals surface area contributed by atoms with Gasteiger partial charge in [-0.25, -0.2) is 8.42 Å². The molecular weight excluding hydrogens is 326 g/mol. The van der Waals surface area contributed by atoms with Crippen molar-refractivity contribution < 1.29 is 13.2 Å². The average Bonchev–Trinajstić information content (AvgIpc) is 2.59. The van der Waals surface area contributed by atoms with E-state index in [-0.39, 0.29) is 29.3 Å². The summed E-state index contributed by atoms with van der Waals surface area (Å²) in [5.41, 5.74) is 0.380. The Morgan fingerprint density at radius 1 is 1.38 bits per heavy atom. The number of nitrogens with one attached hydrogen (secondary N) is 1. The van der Waals surface area contributed by atoms with Crippen LogP contribution in [-0.2, 0) is 10.0 Å². The lowest BCUT2D eigenvalue weighted by molar-refractivity contribution is 0.0950. The molecule has 1 aromatic carbocycles. The van der Waals surface area contributed by atoms with Gasteiger partial charge in [0.05, 0.1) is 16.9 Å². The van der Waals surface area contributed by atoms with E-state index in [0.717, 1.165) is 19.3 Å². The van der Waals surface area contributed by atoms with E-state index in [2.05, 4.69) is 5.32 Å². The molecule has 1 fully saturated rings. The van der Waals surface area contributed by atoms with Crippen LogP contribution in [0.3, 0.4) is 0 Å².